The second-order valence-electron chi connectivity index (χ2n) is 5.90. The van der Waals surface area contributed by atoms with Gasteiger partial charge in [0.2, 0.25) is 0 Å². The highest BCUT2D eigenvalue weighted by atomic mass is 35.5. The molecule has 0 fully saturated rings. The van der Waals surface area contributed by atoms with Crippen LogP contribution in [0.15, 0.2) is 77.0 Å². The number of hydrogen-bond acceptors (Lipinski definition) is 6. The van der Waals surface area contributed by atoms with Crippen molar-refractivity contribution in [3.05, 3.63) is 81.9 Å². The number of nitro groups is 1. The van der Waals surface area contributed by atoms with Crippen molar-refractivity contribution in [3.63, 3.8) is 0 Å². The monoisotopic (exact) mass is 395 g/mol. The molecule has 0 aliphatic rings. The molecule has 7 nitrogen and oxygen atoms in total. The van der Waals surface area contributed by atoms with Gasteiger partial charge in [-0.25, -0.2) is 4.79 Å². The van der Waals surface area contributed by atoms with Gasteiger partial charge in [-0.1, -0.05) is 48.5 Å². The first-order valence-electron chi connectivity index (χ1n) is 8.12. The van der Waals surface area contributed by atoms with E-state index in [2.05, 4.69) is 16.8 Å². The minimum Gasteiger partial charge on any atom is -0.421 e. The number of benzene rings is 3. The third-order valence-electron chi connectivity index (χ3n) is 3.81. The fraction of sp³-hybridized carbons (Fsp3) is 0.0500. The van der Waals surface area contributed by atoms with Crippen molar-refractivity contribution in [2.24, 2.45) is 10.2 Å². The second kappa shape index (κ2) is 7.98. The van der Waals surface area contributed by atoms with Gasteiger partial charge < -0.3 is 4.74 Å². The van der Waals surface area contributed by atoms with Crippen molar-refractivity contribution < 1.29 is 14.5 Å². The van der Waals surface area contributed by atoms with Crippen LogP contribution < -0.4 is 4.74 Å². The van der Waals surface area contributed by atoms with Crippen molar-refractivity contribution in [2.75, 3.05) is 0 Å². The fourth-order valence-electron chi connectivity index (χ4n) is 2.40. The molecule has 0 bridgehead atoms. The molecule has 0 aliphatic carbocycles. The molecule has 0 atom stereocenters. The second-order valence-corrected chi connectivity index (χ2v) is 6.30. The molecule has 3 aromatic carbocycles. The van der Waals surface area contributed by atoms with Gasteiger partial charge in [-0.05, 0) is 24.4 Å². The summed E-state index contributed by atoms with van der Waals surface area (Å²) in [5.41, 5.74) is 0.680. The highest BCUT2D eigenvalue weighted by Crippen LogP contribution is 2.38. The maximum atomic E-state index is 12.0. The van der Waals surface area contributed by atoms with Crippen LogP contribution in [-0.2, 0) is 4.79 Å². The first-order chi connectivity index (χ1) is 13.4. The predicted molar refractivity (Wildman–Crippen MR) is 107 cm³/mol. The van der Waals surface area contributed by atoms with Gasteiger partial charge >= 0.3 is 5.97 Å². The summed E-state index contributed by atoms with van der Waals surface area (Å²) < 4.78 is 5.37. The Morgan fingerprint density at radius 1 is 1.14 bits per heavy atom. The summed E-state index contributed by atoms with van der Waals surface area (Å²) in [6.45, 7) is 5.11. The number of ether oxygens (including phenoxy) is 1. The number of nitrogens with zero attached hydrogens (tertiary/aromatic N) is 3. The minimum atomic E-state index is -0.583. The fourth-order valence-corrected chi connectivity index (χ4v) is 2.61. The van der Waals surface area contributed by atoms with Crippen molar-refractivity contribution in [1.29, 1.82) is 0 Å². The lowest BCUT2D eigenvalue weighted by atomic mass is 10.1. The maximum Gasteiger partial charge on any atom is 0.338 e. The summed E-state index contributed by atoms with van der Waals surface area (Å²) in [6.07, 6.45) is 0. The lowest BCUT2D eigenvalue weighted by molar-refractivity contribution is -0.384. The Labute approximate surface area is 165 Å². The smallest absolute Gasteiger partial charge is 0.338 e. The minimum absolute atomic E-state index is 0.0821. The number of rotatable bonds is 5. The van der Waals surface area contributed by atoms with Crippen LogP contribution in [0.2, 0.25) is 5.02 Å². The molecule has 0 spiro atoms. The number of nitro benzene ring substituents is 1. The van der Waals surface area contributed by atoms with E-state index in [9.17, 15) is 14.9 Å². The zero-order valence-corrected chi connectivity index (χ0v) is 15.5. The number of carbonyl (C=O) groups is 1. The highest BCUT2D eigenvalue weighted by molar-refractivity contribution is 6.33. The van der Waals surface area contributed by atoms with Crippen molar-refractivity contribution >= 4 is 45.4 Å². The molecule has 140 valence electrons. The Bertz CT molecular complexity index is 1140. The Morgan fingerprint density at radius 3 is 2.57 bits per heavy atom. The molecule has 0 aromatic heterocycles. The molecule has 3 rings (SSSR count). The van der Waals surface area contributed by atoms with E-state index < -0.39 is 10.9 Å². The van der Waals surface area contributed by atoms with E-state index in [1.165, 1.54) is 18.2 Å². The average Bonchev–Trinajstić information content (AvgIpc) is 2.67. The standard InChI is InChI=1S/C20H14ClN3O4/c1-12(2)20(25)28-18-10-7-13-5-3-4-6-15(13)19(18)23-22-17-9-8-14(24(26)27)11-16(17)21/h3-11H,1H2,2H3. The van der Waals surface area contributed by atoms with E-state index in [4.69, 9.17) is 16.3 Å². The number of carbonyl (C=O) groups excluding carboxylic acids is 1. The van der Waals surface area contributed by atoms with E-state index in [0.717, 1.165) is 10.8 Å². The summed E-state index contributed by atoms with van der Waals surface area (Å²) in [7, 11) is 0. The molecule has 8 heteroatoms. The van der Waals surface area contributed by atoms with Gasteiger partial charge in [0.15, 0.2) is 5.75 Å². The number of non-ortho nitro benzene ring substituents is 1. The van der Waals surface area contributed by atoms with E-state index in [0.29, 0.717) is 5.69 Å². The zero-order valence-electron chi connectivity index (χ0n) is 14.8. The Hall–Kier alpha value is -3.58. The van der Waals surface area contributed by atoms with Crippen LogP contribution >= 0.6 is 11.6 Å². The maximum absolute atomic E-state index is 12.0. The average molecular weight is 396 g/mol. The molecule has 3 aromatic rings. The molecule has 0 radical (unpaired) electrons. The van der Waals surface area contributed by atoms with Crippen molar-refractivity contribution in [1.82, 2.24) is 0 Å². The number of fused-ring (bicyclic) bond motifs is 1. The summed E-state index contributed by atoms with van der Waals surface area (Å²) in [4.78, 5) is 22.2. The van der Waals surface area contributed by atoms with E-state index >= 15 is 0 Å². The third-order valence-corrected chi connectivity index (χ3v) is 4.12. The van der Waals surface area contributed by atoms with Gasteiger partial charge in [-0.3, -0.25) is 10.1 Å². The van der Waals surface area contributed by atoms with Crippen molar-refractivity contribution in [3.8, 4) is 5.75 Å². The summed E-state index contributed by atoms with van der Waals surface area (Å²) in [5, 5.41) is 20.8. The number of hydrogen-bond donors (Lipinski definition) is 0. The highest BCUT2D eigenvalue weighted by Gasteiger charge is 2.14. The summed E-state index contributed by atoms with van der Waals surface area (Å²) in [6, 6.07) is 14.7. The van der Waals surface area contributed by atoms with Crippen LogP contribution in [0.1, 0.15) is 6.92 Å². The molecular formula is C20H14ClN3O4. The van der Waals surface area contributed by atoms with Crippen LogP contribution in [0.3, 0.4) is 0 Å². The normalized spacial score (nSPS) is 10.9. The molecule has 0 aliphatic heterocycles. The topological polar surface area (TPSA) is 94.2 Å². The lowest BCUT2D eigenvalue weighted by Gasteiger charge is -2.09. The SMILES string of the molecule is C=C(C)C(=O)Oc1ccc2ccccc2c1N=Nc1ccc([N+](=O)[O-])cc1Cl. The van der Waals surface area contributed by atoms with Crippen LogP contribution in [-0.4, -0.2) is 10.9 Å². The van der Waals surface area contributed by atoms with E-state index in [1.54, 1.807) is 19.1 Å². The van der Waals surface area contributed by atoms with Crippen LogP contribution in [0.25, 0.3) is 10.8 Å². The number of esters is 1. The largest absolute Gasteiger partial charge is 0.421 e. The zero-order chi connectivity index (χ0) is 20.3. The van der Waals surface area contributed by atoms with Gasteiger partial charge in [-0.2, -0.15) is 0 Å². The van der Waals surface area contributed by atoms with Crippen LogP contribution in [0.5, 0.6) is 5.75 Å². The van der Waals surface area contributed by atoms with Crippen molar-refractivity contribution in [2.45, 2.75) is 6.92 Å². The Morgan fingerprint density at radius 2 is 1.89 bits per heavy atom. The molecular weight excluding hydrogens is 382 g/mol. The lowest BCUT2D eigenvalue weighted by Crippen LogP contribution is -2.08. The van der Waals surface area contributed by atoms with Crippen LogP contribution in [0.4, 0.5) is 17.1 Å². The third kappa shape index (κ3) is 4.05. The Balaban J connectivity index is 2.07. The first-order valence-corrected chi connectivity index (χ1v) is 8.49. The summed E-state index contributed by atoms with van der Waals surface area (Å²) >= 11 is 6.07. The number of azo groups is 1. The summed E-state index contributed by atoms with van der Waals surface area (Å²) in [5.74, 6) is -0.367. The van der Waals surface area contributed by atoms with Gasteiger partial charge in [-0.15, -0.1) is 10.2 Å². The van der Waals surface area contributed by atoms with E-state index in [-0.39, 0.29) is 27.7 Å². The molecule has 28 heavy (non-hydrogen) atoms. The van der Waals surface area contributed by atoms with Crippen LogP contribution in [0, 0.1) is 10.1 Å². The molecule has 0 saturated heterocycles. The Kier molecular flexibility index (Phi) is 5.47. The quantitative estimate of drug-likeness (QED) is 0.126. The predicted octanol–water partition coefficient (Wildman–Crippen LogP) is 6.30. The molecule has 0 unspecified atom stereocenters. The molecule has 0 heterocycles. The molecule has 0 amide bonds. The molecule has 0 N–H and O–H groups in total. The van der Waals surface area contributed by atoms with Gasteiger partial charge in [0, 0.05) is 23.1 Å². The molecule has 0 saturated carbocycles. The van der Waals surface area contributed by atoms with Gasteiger partial charge in [0.25, 0.3) is 5.69 Å². The van der Waals surface area contributed by atoms with Gasteiger partial charge in [0.1, 0.15) is 11.4 Å². The first kappa shape index (κ1) is 19.2. The number of halogens is 1. The van der Waals surface area contributed by atoms with E-state index in [1.807, 2.05) is 24.3 Å². The van der Waals surface area contributed by atoms with Gasteiger partial charge in [0.05, 0.1) is 9.95 Å².